The van der Waals surface area contributed by atoms with Crippen molar-refractivity contribution in [3.05, 3.63) is 35.9 Å². The second-order valence-corrected chi connectivity index (χ2v) is 4.96. The SMILES string of the molecule is CCCCCC#CCSCC#Cc1ccccc1. The fourth-order valence-electron chi connectivity index (χ4n) is 1.42. The summed E-state index contributed by atoms with van der Waals surface area (Å²) >= 11 is 1.79. The minimum atomic E-state index is 0.860. The van der Waals surface area contributed by atoms with Gasteiger partial charge in [-0.1, -0.05) is 55.7 Å². The lowest BCUT2D eigenvalue weighted by Gasteiger charge is -1.89. The first-order valence-corrected chi connectivity index (χ1v) is 7.66. The van der Waals surface area contributed by atoms with Crippen LogP contribution in [0.4, 0.5) is 0 Å². The first-order valence-electron chi connectivity index (χ1n) is 6.51. The van der Waals surface area contributed by atoms with E-state index < -0.39 is 0 Å². The van der Waals surface area contributed by atoms with Crippen molar-refractivity contribution in [2.24, 2.45) is 0 Å². The van der Waals surface area contributed by atoms with Gasteiger partial charge in [-0.3, -0.25) is 0 Å². The van der Waals surface area contributed by atoms with Crippen molar-refractivity contribution in [3.8, 4) is 23.7 Å². The van der Waals surface area contributed by atoms with E-state index in [4.69, 9.17) is 0 Å². The fraction of sp³-hybridized carbons (Fsp3) is 0.412. The molecule has 0 saturated carbocycles. The molecule has 0 fully saturated rings. The summed E-state index contributed by atoms with van der Waals surface area (Å²) in [5.41, 5.74) is 1.09. The van der Waals surface area contributed by atoms with E-state index in [1.165, 1.54) is 19.3 Å². The van der Waals surface area contributed by atoms with Crippen molar-refractivity contribution in [2.75, 3.05) is 11.5 Å². The average Bonchev–Trinajstić information content (AvgIpc) is 2.42. The van der Waals surface area contributed by atoms with Gasteiger partial charge in [0.1, 0.15) is 0 Å². The van der Waals surface area contributed by atoms with Crippen molar-refractivity contribution in [1.82, 2.24) is 0 Å². The van der Waals surface area contributed by atoms with Gasteiger partial charge in [-0.25, -0.2) is 0 Å². The number of rotatable bonds is 5. The van der Waals surface area contributed by atoms with Crippen LogP contribution in [0, 0.1) is 23.7 Å². The molecule has 0 radical (unpaired) electrons. The van der Waals surface area contributed by atoms with E-state index in [9.17, 15) is 0 Å². The molecule has 0 bridgehead atoms. The van der Waals surface area contributed by atoms with Crippen molar-refractivity contribution in [3.63, 3.8) is 0 Å². The Kier molecular flexibility index (Phi) is 8.87. The summed E-state index contributed by atoms with van der Waals surface area (Å²) in [5, 5.41) is 0. The first kappa shape index (κ1) is 14.7. The van der Waals surface area contributed by atoms with Crippen LogP contribution in [-0.4, -0.2) is 11.5 Å². The predicted molar refractivity (Wildman–Crippen MR) is 82.6 cm³/mol. The van der Waals surface area contributed by atoms with Crippen LogP contribution in [0.1, 0.15) is 38.2 Å². The van der Waals surface area contributed by atoms with E-state index in [-0.39, 0.29) is 0 Å². The van der Waals surface area contributed by atoms with E-state index in [1.807, 2.05) is 30.3 Å². The highest BCUT2D eigenvalue weighted by Crippen LogP contribution is 2.00. The topological polar surface area (TPSA) is 0 Å². The van der Waals surface area contributed by atoms with Crippen LogP contribution in [0.15, 0.2) is 30.3 Å². The minimum absolute atomic E-state index is 0.860. The molecule has 0 unspecified atom stereocenters. The first-order chi connectivity index (χ1) is 8.93. The second kappa shape index (κ2) is 10.8. The Bertz CT molecular complexity index is 425. The zero-order valence-electron chi connectivity index (χ0n) is 11.0. The van der Waals surface area contributed by atoms with Crippen molar-refractivity contribution in [1.29, 1.82) is 0 Å². The van der Waals surface area contributed by atoms with Crippen molar-refractivity contribution < 1.29 is 0 Å². The molecule has 18 heavy (non-hydrogen) atoms. The van der Waals surface area contributed by atoms with Crippen LogP contribution < -0.4 is 0 Å². The molecule has 0 nitrogen and oxygen atoms in total. The molecule has 0 aromatic heterocycles. The van der Waals surface area contributed by atoms with E-state index in [0.717, 1.165) is 23.5 Å². The molecule has 1 heteroatoms. The number of unbranched alkanes of at least 4 members (excludes halogenated alkanes) is 3. The Labute approximate surface area is 116 Å². The molecule has 0 aliphatic carbocycles. The van der Waals surface area contributed by atoms with Gasteiger partial charge < -0.3 is 0 Å². The average molecular weight is 256 g/mol. The third kappa shape index (κ3) is 7.88. The van der Waals surface area contributed by atoms with Crippen LogP contribution >= 0.6 is 11.8 Å². The van der Waals surface area contributed by atoms with Gasteiger partial charge in [0.15, 0.2) is 0 Å². The van der Waals surface area contributed by atoms with E-state index in [0.29, 0.717) is 0 Å². The summed E-state index contributed by atoms with van der Waals surface area (Å²) in [6.45, 7) is 2.22. The maximum atomic E-state index is 3.21. The quantitative estimate of drug-likeness (QED) is 0.557. The van der Waals surface area contributed by atoms with Crippen LogP contribution in [-0.2, 0) is 0 Å². The van der Waals surface area contributed by atoms with Gasteiger partial charge in [0.2, 0.25) is 0 Å². The molecule has 0 spiro atoms. The molecule has 0 saturated heterocycles. The van der Waals surface area contributed by atoms with Crippen LogP contribution in [0.5, 0.6) is 0 Å². The number of benzene rings is 1. The van der Waals surface area contributed by atoms with Crippen LogP contribution in [0.3, 0.4) is 0 Å². The minimum Gasteiger partial charge on any atom is -0.136 e. The van der Waals surface area contributed by atoms with E-state index in [1.54, 1.807) is 11.8 Å². The monoisotopic (exact) mass is 256 g/mol. The lowest BCUT2D eigenvalue weighted by atomic mass is 10.2. The van der Waals surface area contributed by atoms with Crippen molar-refractivity contribution >= 4 is 11.8 Å². The third-order valence-electron chi connectivity index (χ3n) is 2.39. The molecular formula is C17H20S. The third-order valence-corrected chi connectivity index (χ3v) is 3.08. The zero-order valence-corrected chi connectivity index (χ0v) is 11.9. The Balaban J connectivity index is 2.07. The van der Waals surface area contributed by atoms with E-state index >= 15 is 0 Å². The molecule has 1 rings (SSSR count). The van der Waals surface area contributed by atoms with Gasteiger partial charge in [0.25, 0.3) is 0 Å². The lowest BCUT2D eigenvalue weighted by Crippen LogP contribution is -1.78. The van der Waals surface area contributed by atoms with E-state index in [2.05, 4.69) is 30.6 Å². The molecule has 1 aromatic rings. The van der Waals surface area contributed by atoms with Gasteiger partial charge >= 0.3 is 0 Å². The van der Waals surface area contributed by atoms with Gasteiger partial charge in [-0.15, -0.1) is 17.7 Å². The molecule has 0 N–H and O–H groups in total. The summed E-state index contributed by atoms with van der Waals surface area (Å²) in [4.78, 5) is 0. The van der Waals surface area contributed by atoms with Crippen LogP contribution in [0.25, 0.3) is 0 Å². The Morgan fingerprint density at radius 2 is 1.72 bits per heavy atom. The molecule has 0 heterocycles. The fourth-order valence-corrected chi connectivity index (χ4v) is 1.90. The van der Waals surface area contributed by atoms with Gasteiger partial charge in [0.05, 0.1) is 11.5 Å². The van der Waals surface area contributed by atoms with Crippen LogP contribution in [0.2, 0.25) is 0 Å². The number of thioether (sulfide) groups is 1. The highest BCUT2D eigenvalue weighted by Gasteiger charge is 1.83. The Hall–Kier alpha value is -1.31. The standard InChI is InChI=1S/C17H20S/c1-2-3-4-5-6-10-15-18-16-11-14-17-12-8-7-9-13-17/h7-9,12-13H,2-5,15-16H2,1H3. The van der Waals surface area contributed by atoms with Gasteiger partial charge in [0, 0.05) is 12.0 Å². The number of hydrogen-bond acceptors (Lipinski definition) is 1. The second-order valence-electron chi connectivity index (χ2n) is 3.97. The molecular weight excluding hydrogens is 236 g/mol. The molecule has 0 atom stereocenters. The molecule has 94 valence electrons. The highest BCUT2D eigenvalue weighted by molar-refractivity contribution is 7.99. The maximum absolute atomic E-state index is 3.21. The predicted octanol–water partition coefficient (Wildman–Crippen LogP) is 4.36. The molecule has 0 aliphatic rings. The summed E-state index contributed by atoms with van der Waals surface area (Å²) in [5.74, 6) is 14.5. The molecule has 0 amide bonds. The summed E-state index contributed by atoms with van der Waals surface area (Å²) in [7, 11) is 0. The summed E-state index contributed by atoms with van der Waals surface area (Å²) < 4.78 is 0. The largest absolute Gasteiger partial charge is 0.136 e. The Morgan fingerprint density at radius 3 is 2.50 bits per heavy atom. The lowest BCUT2D eigenvalue weighted by molar-refractivity contribution is 0.737. The zero-order chi connectivity index (χ0) is 12.9. The van der Waals surface area contributed by atoms with Gasteiger partial charge in [-0.05, 0) is 18.6 Å². The normalized spacial score (nSPS) is 8.94. The number of hydrogen-bond donors (Lipinski definition) is 0. The smallest absolute Gasteiger partial charge is 0.0560 e. The molecule has 1 aromatic carbocycles. The summed E-state index contributed by atoms with van der Waals surface area (Å²) in [6.07, 6.45) is 4.85. The maximum Gasteiger partial charge on any atom is 0.0560 e. The van der Waals surface area contributed by atoms with Gasteiger partial charge in [-0.2, -0.15) is 0 Å². The summed E-state index contributed by atoms with van der Waals surface area (Å²) in [6, 6.07) is 10.1. The molecule has 0 aliphatic heterocycles. The van der Waals surface area contributed by atoms with Crippen molar-refractivity contribution in [2.45, 2.75) is 32.6 Å². The Morgan fingerprint density at radius 1 is 0.944 bits per heavy atom. The highest BCUT2D eigenvalue weighted by atomic mass is 32.2.